The topological polar surface area (TPSA) is 105 Å². The van der Waals surface area contributed by atoms with E-state index in [0.717, 1.165) is 25.8 Å². The molecule has 2 N–H and O–H groups in total. The molecule has 1 atom stereocenters. The highest BCUT2D eigenvalue weighted by Gasteiger charge is 2.36. The molecule has 0 saturated carbocycles. The molecular formula is C20H28N2O6. The van der Waals surface area contributed by atoms with Crippen molar-refractivity contribution in [1.29, 1.82) is 0 Å². The number of hydrogen-bond acceptors (Lipinski definition) is 7. The zero-order valence-corrected chi connectivity index (χ0v) is 16.6. The number of aliphatic hydroxyl groups excluding tert-OH is 1. The number of nitrogens with one attached hydrogen (secondary N) is 1. The van der Waals surface area contributed by atoms with Gasteiger partial charge in [-0.15, -0.1) is 0 Å². The first kappa shape index (κ1) is 21.8. The molecular weight excluding hydrogens is 364 g/mol. The zero-order chi connectivity index (χ0) is 20.7. The van der Waals surface area contributed by atoms with E-state index in [2.05, 4.69) is 17.1 Å². The Morgan fingerprint density at radius 1 is 1.14 bits per heavy atom. The number of nitrogens with zero attached hydrogens (tertiary/aromatic N) is 1. The van der Waals surface area contributed by atoms with Gasteiger partial charge in [0.25, 0.3) is 0 Å². The SMILES string of the molecule is COC(=O)c1cc(NC(=O)CN2CCC[C@]2(C)CCCO)cc(C(=O)OC)c1. The smallest absolute Gasteiger partial charge is 0.337 e. The van der Waals surface area contributed by atoms with E-state index in [9.17, 15) is 14.4 Å². The van der Waals surface area contributed by atoms with Crippen molar-refractivity contribution in [3.05, 3.63) is 29.3 Å². The van der Waals surface area contributed by atoms with E-state index in [0.29, 0.717) is 12.1 Å². The highest BCUT2D eigenvalue weighted by molar-refractivity contribution is 5.99. The van der Waals surface area contributed by atoms with Gasteiger partial charge in [-0.3, -0.25) is 9.69 Å². The molecule has 1 aromatic carbocycles. The van der Waals surface area contributed by atoms with Crippen LogP contribution in [0.25, 0.3) is 0 Å². The number of carbonyl (C=O) groups is 3. The van der Waals surface area contributed by atoms with Crippen molar-refractivity contribution in [2.45, 2.75) is 38.1 Å². The van der Waals surface area contributed by atoms with Crippen LogP contribution in [0.3, 0.4) is 0 Å². The molecule has 1 aliphatic heterocycles. The number of rotatable bonds is 8. The molecule has 154 valence electrons. The summed E-state index contributed by atoms with van der Waals surface area (Å²) in [5.74, 6) is -1.47. The summed E-state index contributed by atoms with van der Waals surface area (Å²) < 4.78 is 9.41. The highest BCUT2D eigenvalue weighted by atomic mass is 16.5. The molecule has 0 aromatic heterocycles. The van der Waals surface area contributed by atoms with Gasteiger partial charge >= 0.3 is 11.9 Å². The van der Waals surface area contributed by atoms with Crippen molar-refractivity contribution in [2.75, 3.05) is 39.2 Å². The van der Waals surface area contributed by atoms with Gasteiger partial charge < -0.3 is 19.9 Å². The van der Waals surface area contributed by atoms with Crippen molar-refractivity contribution in [3.63, 3.8) is 0 Å². The summed E-state index contributed by atoms with van der Waals surface area (Å²) in [6.45, 7) is 3.24. The summed E-state index contributed by atoms with van der Waals surface area (Å²) in [6.07, 6.45) is 3.49. The van der Waals surface area contributed by atoms with Crippen LogP contribution in [-0.4, -0.2) is 67.3 Å². The van der Waals surface area contributed by atoms with Crippen LogP contribution >= 0.6 is 0 Å². The van der Waals surface area contributed by atoms with E-state index in [1.54, 1.807) is 0 Å². The fraction of sp³-hybridized carbons (Fsp3) is 0.550. The Bertz CT molecular complexity index is 701. The van der Waals surface area contributed by atoms with E-state index >= 15 is 0 Å². The van der Waals surface area contributed by atoms with Crippen molar-refractivity contribution < 1.29 is 29.0 Å². The van der Waals surface area contributed by atoms with E-state index in [1.165, 1.54) is 32.4 Å². The fourth-order valence-corrected chi connectivity index (χ4v) is 3.64. The second kappa shape index (κ2) is 9.66. The van der Waals surface area contributed by atoms with Crippen molar-refractivity contribution in [1.82, 2.24) is 4.90 Å². The molecule has 0 bridgehead atoms. The minimum Gasteiger partial charge on any atom is -0.465 e. The van der Waals surface area contributed by atoms with Crippen LogP contribution in [0.1, 0.15) is 53.3 Å². The molecule has 28 heavy (non-hydrogen) atoms. The van der Waals surface area contributed by atoms with Crippen LogP contribution in [0, 0.1) is 0 Å². The molecule has 1 saturated heterocycles. The number of methoxy groups -OCH3 is 2. The Balaban J connectivity index is 2.14. The van der Waals surface area contributed by atoms with Gasteiger partial charge in [0.1, 0.15) is 0 Å². The molecule has 1 heterocycles. The number of amides is 1. The molecule has 0 radical (unpaired) electrons. The van der Waals surface area contributed by atoms with Gasteiger partial charge in [-0.2, -0.15) is 0 Å². The first-order chi connectivity index (χ1) is 13.3. The summed E-state index contributed by atoms with van der Waals surface area (Å²) in [7, 11) is 2.48. The summed E-state index contributed by atoms with van der Waals surface area (Å²) in [6, 6.07) is 4.29. The van der Waals surface area contributed by atoms with Gasteiger partial charge in [0.15, 0.2) is 0 Å². The Kier molecular flexibility index (Phi) is 7.53. The van der Waals surface area contributed by atoms with Crippen LogP contribution in [0.2, 0.25) is 0 Å². The lowest BCUT2D eigenvalue weighted by Crippen LogP contribution is -2.45. The molecule has 0 unspecified atom stereocenters. The quantitative estimate of drug-likeness (QED) is 0.650. The van der Waals surface area contributed by atoms with Gasteiger partial charge in [0, 0.05) is 17.8 Å². The molecule has 1 fully saturated rings. The molecule has 8 nitrogen and oxygen atoms in total. The van der Waals surface area contributed by atoms with Crippen LogP contribution < -0.4 is 5.32 Å². The van der Waals surface area contributed by atoms with Crippen LogP contribution in [0.5, 0.6) is 0 Å². The Morgan fingerprint density at radius 2 is 1.75 bits per heavy atom. The molecule has 1 amide bonds. The van der Waals surface area contributed by atoms with E-state index in [4.69, 9.17) is 14.6 Å². The minimum atomic E-state index is -0.614. The van der Waals surface area contributed by atoms with Gasteiger partial charge in [-0.1, -0.05) is 0 Å². The largest absolute Gasteiger partial charge is 0.465 e. The summed E-state index contributed by atoms with van der Waals surface area (Å²) in [5.41, 5.74) is 0.499. The van der Waals surface area contributed by atoms with Crippen LogP contribution in [0.4, 0.5) is 5.69 Å². The fourth-order valence-electron chi connectivity index (χ4n) is 3.64. The van der Waals surface area contributed by atoms with Gasteiger partial charge in [-0.25, -0.2) is 9.59 Å². The van der Waals surface area contributed by atoms with E-state index in [1.807, 2.05) is 0 Å². The second-order valence-corrected chi connectivity index (χ2v) is 7.18. The van der Waals surface area contributed by atoms with Crippen molar-refractivity contribution >= 4 is 23.5 Å². The lowest BCUT2D eigenvalue weighted by Gasteiger charge is -2.34. The average Bonchev–Trinajstić information content (AvgIpc) is 3.05. The number of carbonyl (C=O) groups excluding carboxylic acids is 3. The summed E-state index contributed by atoms with van der Waals surface area (Å²) in [4.78, 5) is 38.4. The van der Waals surface area contributed by atoms with Crippen LogP contribution in [0.15, 0.2) is 18.2 Å². The lowest BCUT2D eigenvalue weighted by atomic mass is 9.93. The maximum Gasteiger partial charge on any atom is 0.337 e. The number of ether oxygens (including phenoxy) is 2. The monoisotopic (exact) mass is 392 g/mol. The lowest BCUT2D eigenvalue weighted by molar-refractivity contribution is -0.118. The predicted octanol–water partition coefficient (Wildman–Crippen LogP) is 1.83. The Morgan fingerprint density at radius 3 is 2.29 bits per heavy atom. The number of likely N-dealkylation sites (tertiary alicyclic amines) is 1. The molecule has 0 aliphatic carbocycles. The third kappa shape index (κ3) is 5.30. The van der Waals surface area contributed by atoms with Gasteiger partial charge in [0.05, 0.1) is 31.9 Å². The minimum absolute atomic E-state index is 0.120. The highest BCUT2D eigenvalue weighted by Crippen LogP contribution is 2.32. The standard InChI is InChI=1S/C20H28N2O6/c1-20(7-5-9-23)6-4-8-22(20)13-17(24)21-16-11-14(18(25)27-2)10-15(12-16)19(26)28-3/h10-12,23H,4-9,13H2,1-3H3,(H,21,24)/t20-/m1/s1. The summed E-state index contributed by atoms with van der Waals surface area (Å²) in [5, 5.41) is 11.9. The molecule has 8 heteroatoms. The van der Waals surface area contributed by atoms with Gasteiger partial charge in [-0.05, 0) is 57.4 Å². The second-order valence-electron chi connectivity index (χ2n) is 7.18. The normalized spacial score (nSPS) is 19.3. The number of benzene rings is 1. The van der Waals surface area contributed by atoms with E-state index < -0.39 is 11.9 Å². The van der Waals surface area contributed by atoms with Gasteiger partial charge in [0.2, 0.25) is 5.91 Å². The van der Waals surface area contributed by atoms with Crippen molar-refractivity contribution in [2.24, 2.45) is 0 Å². The number of esters is 2. The van der Waals surface area contributed by atoms with Crippen molar-refractivity contribution in [3.8, 4) is 0 Å². The third-order valence-electron chi connectivity index (χ3n) is 5.17. The number of aliphatic hydroxyl groups is 1. The maximum absolute atomic E-state index is 12.6. The summed E-state index contributed by atoms with van der Waals surface area (Å²) >= 11 is 0. The molecule has 1 aliphatic rings. The maximum atomic E-state index is 12.6. The third-order valence-corrected chi connectivity index (χ3v) is 5.17. The molecule has 2 rings (SSSR count). The zero-order valence-electron chi connectivity index (χ0n) is 16.6. The molecule has 0 spiro atoms. The number of anilines is 1. The average molecular weight is 392 g/mol. The Hall–Kier alpha value is -2.45. The Labute approximate surface area is 164 Å². The van der Waals surface area contributed by atoms with E-state index in [-0.39, 0.29) is 35.7 Å². The first-order valence-electron chi connectivity index (χ1n) is 9.30. The van der Waals surface area contributed by atoms with Crippen LogP contribution in [-0.2, 0) is 14.3 Å². The first-order valence-corrected chi connectivity index (χ1v) is 9.30. The number of hydrogen-bond donors (Lipinski definition) is 2. The predicted molar refractivity (Wildman–Crippen MR) is 103 cm³/mol. The molecule has 1 aromatic rings.